The normalized spacial score (nSPS) is 16.6. The van der Waals surface area contributed by atoms with Gasteiger partial charge in [0.1, 0.15) is 11.9 Å². The lowest BCUT2D eigenvalue weighted by Gasteiger charge is -2.16. The minimum Gasteiger partial charge on any atom is -0.442 e. The van der Waals surface area contributed by atoms with Crippen molar-refractivity contribution in [3.05, 3.63) is 58.1 Å². The minimum absolute atomic E-state index is 0.174. The van der Waals surface area contributed by atoms with Crippen LogP contribution in [0.2, 0.25) is 0 Å². The van der Waals surface area contributed by atoms with Gasteiger partial charge in [-0.15, -0.1) is 0 Å². The van der Waals surface area contributed by atoms with Crippen LogP contribution < -0.4 is 10.2 Å². The number of rotatable bonds is 5. The third kappa shape index (κ3) is 4.51. The Labute approximate surface area is 164 Å². The number of amides is 2. The topological polar surface area (TPSA) is 71.5 Å². The first-order chi connectivity index (χ1) is 13.0. The molecule has 0 unspecified atom stereocenters. The van der Waals surface area contributed by atoms with Gasteiger partial charge >= 0.3 is 6.09 Å². The lowest BCUT2D eigenvalue weighted by molar-refractivity contribution is -0.119. The second-order valence-electron chi connectivity index (χ2n) is 5.98. The summed E-state index contributed by atoms with van der Waals surface area (Å²) in [6.07, 6.45) is 5.67. The molecule has 0 saturated carbocycles. The average molecular weight is 434 g/mol. The van der Waals surface area contributed by atoms with Crippen LogP contribution in [0.4, 0.5) is 14.9 Å². The molecule has 140 valence electrons. The number of aromatic nitrogens is 1. The first-order valence-corrected chi connectivity index (χ1v) is 9.03. The molecule has 2 heterocycles. The van der Waals surface area contributed by atoms with Gasteiger partial charge in [-0.2, -0.15) is 0 Å². The molecule has 1 N–H and O–H groups in total. The maximum Gasteiger partial charge on any atom is 0.414 e. The minimum atomic E-state index is -0.580. The summed E-state index contributed by atoms with van der Waals surface area (Å²) in [4.78, 5) is 28.5. The number of ether oxygens (including phenoxy) is 1. The Morgan fingerprint density at radius 2 is 2.26 bits per heavy atom. The fourth-order valence-corrected chi connectivity index (χ4v) is 3.21. The van der Waals surface area contributed by atoms with E-state index in [2.05, 4.69) is 26.2 Å². The summed E-state index contributed by atoms with van der Waals surface area (Å²) in [5.74, 6) is -0.688. The van der Waals surface area contributed by atoms with Crippen molar-refractivity contribution >= 4 is 45.8 Å². The van der Waals surface area contributed by atoms with Gasteiger partial charge < -0.3 is 10.1 Å². The highest BCUT2D eigenvalue weighted by atomic mass is 79.9. The fraction of sp³-hybridized carbons (Fsp3) is 0.211. The molecule has 1 aromatic heterocycles. The van der Waals surface area contributed by atoms with E-state index in [-0.39, 0.29) is 23.5 Å². The summed E-state index contributed by atoms with van der Waals surface area (Å²) in [6.45, 7) is 1.82. The zero-order chi connectivity index (χ0) is 19.4. The lowest BCUT2D eigenvalue weighted by atomic mass is 10.1. The Bertz CT molecular complexity index is 889. The monoisotopic (exact) mass is 433 g/mol. The molecule has 1 aromatic carbocycles. The first kappa shape index (κ1) is 19.0. The number of halogens is 2. The molecule has 1 aliphatic heterocycles. The van der Waals surface area contributed by atoms with Gasteiger partial charge in [-0.1, -0.05) is 18.2 Å². The summed E-state index contributed by atoms with van der Waals surface area (Å²) >= 11 is 3.24. The Kier molecular flexibility index (Phi) is 5.85. The van der Waals surface area contributed by atoms with Crippen molar-refractivity contribution < 1.29 is 18.7 Å². The molecule has 2 aromatic rings. The predicted molar refractivity (Wildman–Crippen MR) is 104 cm³/mol. The van der Waals surface area contributed by atoms with Crippen LogP contribution in [-0.2, 0) is 9.53 Å². The highest BCUT2D eigenvalue weighted by Gasteiger charge is 2.34. The molecule has 6 nitrogen and oxygen atoms in total. The molecule has 0 spiro atoms. The Morgan fingerprint density at radius 3 is 2.96 bits per heavy atom. The standard InChI is InChI=1S/C19H17BrFN3O3/c1-12(25)23-10-15-11-24(19(26)27-15)16-7-6-14(18(21)17(16)20)5-4-13-3-2-8-22-9-13/h2-9,15H,10-11H2,1H3,(H,23,25)/b5-4+/t15-/m0/s1. The highest BCUT2D eigenvalue weighted by Crippen LogP contribution is 2.34. The van der Waals surface area contributed by atoms with E-state index in [0.717, 1.165) is 5.56 Å². The fourth-order valence-electron chi connectivity index (χ4n) is 2.63. The lowest BCUT2D eigenvalue weighted by Crippen LogP contribution is -2.33. The SMILES string of the molecule is CC(=O)NC[C@H]1CN(c2ccc(/C=C/c3cccnc3)c(F)c2Br)C(=O)O1. The predicted octanol–water partition coefficient (Wildman–Crippen LogP) is 3.61. The molecule has 2 amide bonds. The number of carbonyl (C=O) groups excluding carboxylic acids is 2. The van der Waals surface area contributed by atoms with Crippen LogP contribution in [0.1, 0.15) is 18.1 Å². The number of carbonyl (C=O) groups is 2. The number of anilines is 1. The smallest absolute Gasteiger partial charge is 0.414 e. The molecule has 8 heteroatoms. The summed E-state index contributed by atoms with van der Waals surface area (Å²) in [7, 11) is 0. The number of hydrogen-bond acceptors (Lipinski definition) is 4. The van der Waals surface area contributed by atoms with Gasteiger partial charge in [0.15, 0.2) is 0 Å². The molecule has 0 aliphatic carbocycles. The van der Waals surface area contributed by atoms with Gasteiger partial charge in [-0.05, 0) is 39.7 Å². The van der Waals surface area contributed by atoms with Crippen LogP contribution in [0, 0.1) is 5.82 Å². The van der Waals surface area contributed by atoms with Crippen molar-refractivity contribution in [1.82, 2.24) is 10.3 Å². The highest BCUT2D eigenvalue weighted by molar-refractivity contribution is 9.10. The van der Waals surface area contributed by atoms with Gasteiger partial charge in [-0.3, -0.25) is 14.7 Å². The Hall–Kier alpha value is -2.74. The van der Waals surface area contributed by atoms with Crippen molar-refractivity contribution in [3.8, 4) is 0 Å². The second-order valence-corrected chi connectivity index (χ2v) is 6.77. The average Bonchev–Trinajstić information content (AvgIpc) is 3.02. The van der Waals surface area contributed by atoms with Crippen LogP contribution in [-0.4, -0.2) is 36.2 Å². The summed E-state index contributed by atoms with van der Waals surface area (Å²) < 4.78 is 20.1. The first-order valence-electron chi connectivity index (χ1n) is 8.24. The van der Waals surface area contributed by atoms with Gasteiger partial charge in [0, 0.05) is 24.9 Å². The molecule has 1 saturated heterocycles. The van der Waals surface area contributed by atoms with E-state index in [1.807, 2.05) is 6.07 Å². The zero-order valence-corrected chi connectivity index (χ0v) is 16.1. The zero-order valence-electron chi connectivity index (χ0n) is 14.5. The molecule has 3 rings (SSSR count). The van der Waals surface area contributed by atoms with Gasteiger partial charge in [0.05, 0.1) is 23.2 Å². The third-order valence-corrected chi connectivity index (χ3v) is 4.73. The van der Waals surface area contributed by atoms with E-state index in [1.54, 1.807) is 42.7 Å². The third-order valence-electron chi connectivity index (χ3n) is 3.98. The quantitative estimate of drug-likeness (QED) is 0.781. The van der Waals surface area contributed by atoms with Gasteiger partial charge in [0.25, 0.3) is 0 Å². The molecule has 1 aliphatic rings. The molecule has 0 radical (unpaired) electrons. The van der Waals surface area contributed by atoms with E-state index in [0.29, 0.717) is 11.3 Å². The van der Waals surface area contributed by atoms with E-state index >= 15 is 0 Å². The van der Waals surface area contributed by atoms with Crippen LogP contribution in [0.5, 0.6) is 0 Å². The number of cyclic esters (lactones) is 1. The molecule has 27 heavy (non-hydrogen) atoms. The molecular formula is C19H17BrFN3O3. The van der Waals surface area contributed by atoms with Gasteiger partial charge in [-0.25, -0.2) is 9.18 Å². The summed E-state index contributed by atoms with van der Waals surface area (Å²) in [5, 5.41) is 2.60. The number of hydrogen-bond donors (Lipinski definition) is 1. The number of nitrogens with zero attached hydrogens (tertiary/aromatic N) is 2. The van der Waals surface area contributed by atoms with Crippen molar-refractivity contribution in [2.75, 3.05) is 18.0 Å². The number of pyridine rings is 1. The summed E-state index contributed by atoms with van der Waals surface area (Å²) in [6, 6.07) is 6.90. The number of benzene rings is 1. The Morgan fingerprint density at radius 1 is 1.44 bits per heavy atom. The summed E-state index contributed by atoms with van der Waals surface area (Å²) in [5.41, 5.74) is 1.60. The maximum atomic E-state index is 14.7. The van der Waals surface area contributed by atoms with Crippen molar-refractivity contribution in [1.29, 1.82) is 0 Å². The van der Waals surface area contributed by atoms with Crippen LogP contribution >= 0.6 is 15.9 Å². The van der Waals surface area contributed by atoms with Crippen LogP contribution in [0.3, 0.4) is 0 Å². The van der Waals surface area contributed by atoms with Crippen molar-refractivity contribution in [2.24, 2.45) is 0 Å². The molecule has 0 bridgehead atoms. The molecule has 1 fully saturated rings. The van der Waals surface area contributed by atoms with Crippen molar-refractivity contribution in [2.45, 2.75) is 13.0 Å². The van der Waals surface area contributed by atoms with E-state index in [1.165, 1.54) is 11.8 Å². The Balaban J connectivity index is 1.78. The van der Waals surface area contributed by atoms with Gasteiger partial charge in [0.2, 0.25) is 5.91 Å². The second kappa shape index (κ2) is 8.30. The van der Waals surface area contributed by atoms with E-state index in [9.17, 15) is 14.0 Å². The van der Waals surface area contributed by atoms with E-state index in [4.69, 9.17) is 4.74 Å². The van der Waals surface area contributed by atoms with Crippen LogP contribution in [0.15, 0.2) is 41.1 Å². The van der Waals surface area contributed by atoms with E-state index < -0.39 is 18.0 Å². The largest absolute Gasteiger partial charge is 0.442 e. The molecular weight excluding hydrogens is 417 g/mol. The number of nitrogens with one attached hydrogen (secondary N) is 1. The maximum absolute atomic E-state index is 14.7. The van der Waals surface area contributed by atoms with Crippen LogP contribution in [0.25, 0.3) is 12.2 Å². The molecule has 1 atom stereocenters. The van der Waals surface area contributed by atoms with Crippen molar-refractivity contribution in [3.63, 3.8) is 0 Å².